The van der Waals surface area contributed by atoms with E-state index in [1.807, 2.05) is 0 Å². The van der Waals surface area contributed by atoms with Crippen molar-refractivity contribution in [3.8, 4) is 0 Å². The zero-order valence-corrected chi connectivity index (χ0v) is 14.6. The van der Waals surface area contributed by atoms with Crippen LogP contribution in [0.25, 0.3) is 0 Å². The van der Waals surface area contributed by atoms with Gasteiger partial charge in [0, 0.05) is 34.7 Å². The Balaban J connectivity index is 1.22. The summed E-state index contributed by atoms with van der Waals surface area (Å²) < 4.78 is 0. The predicted octanol–water partition coefficient (Wildman–Crippen LogP) is 2.31. The maximum absolute atomic E-state index is 4.09. The van der Waals surface area contributed by atoms with Crippen LogP contribution in [-0.4, -0.2) is 70.6 Å². The smallest absolute Gasteiger partial charge is 0.0219 e. The van der Waals surface area contributed by atoms with E-state index < -0.39 is 0 Å². The number of likely N-dealkylation sites (tertiary alicyclic amines) is 2. The fourth-order valence-corrected chi connectivity index (χ4v) is 7.40. The summed E-state index contributed by atoms with van der Waals surface area (Å²) in [5.41, 5.74) is 0. The molecule has 5 fully saturated rings. The monoisotopic (exact) mass is 321 g/mol. The molecule has 5 rings (SSSR count). The Labute approximate surface area is 139 Å². The van der Waals surface area contributed by atoms with Gasteiger partial charge in [-0.15, -0.1) is 0 Å². The Hall–Kier alpha value is 0.230. The number of nitrogens with one attached hydrogen (secondary N) is 1. The molecule has 3 nitrogen and oxygen atoms in total. The molecular weight excluding hydrogens is 290 g/mol. The molecule has 3 saturated heterocycles. The summed E-state index contributed by atoms with van der Waals surface area (Å²) in [6, 6.07) is 3.47. The van der Waals surface area contributed by atoms with Gasteiger partial charge in [-0.1, -0.05) is 0 Å². The van der Waals surface area contributed by atoms with Gasteiger partial charge in [-0.25, -0.2) is 0 Å². The molecule has 0 spiro atoms. The lowest BCUT2D eigenvalue weighted by Crippen LogP contribution is -2.62. The normalized spacial score (nSPS) is 49.6. The van der Waals surface area contributed by atoms with Gasteiger partial charge in [-0.2, -0.15) is 11.8 Å². The molecule has 2 aliphatic carbocycles. The summed E-state index contributed by atoms with van der Waals surface area (Å²) in [7, 11) is 0. The van der Waals surface area contributed by atoms with Crippen molar-refractivity contribution >= 4 is 11.8 Å². The van der Waals surface area contributed by atoms with Gasteiger partial charge in [0.2, 0.25) is 0 Å². The van der Waals surface area contributed by atoms with Crippen molar-refractivity contribution in [2.75, 3.05) is 26.2 Å². The largest absolute Gasteiger partial charge is 0.309 e. The lowest BCUT2D eigenvalue weighted by Gasteiger charge is -2.53. The second-order valence-corrected chi connectivity index (χ2v) is 9.79. The highest BCUT2D eigenvalue weighted by Gasteiger charge is 2.45. The van der Waals surface area contributed by atoms with Crippen molar-refractivity contribution in [2.45, 2.75) is 86.0 Å². The molecule has 0 aromatic rings. The van der Waals surface area contributed by atoms with Crippen molar-refractivity contribution in [1.29, 1.82) is 0 Å². The van der Waals surface area contributed by atoms with E-state index in [1.165, 1.54) is 77.5 Å². The molecular formula is C18H31N3S. The fraction of sp³-hybridized carbons (Fsp3) is 1.00. The van der Waals surface area contributed by atoms with Gasteiger partial charge in [0.15, 0.2) is 0 Å². The highest BCUT2D eigenvalue weighted by Crippen LogP contribution is 2.44. The van der Waals surface area contributed by atoms with Gasteiger partial charge in [0.05, 0.1) is 0 Å². The van der Waals surface area contributed by atoms with Crippen LogP contribution in [0.5, 0.6) is 0 Å². The number of rotatable bonds is 2. The van der Waals surface area contributed by atoms with Crippen LogP contribution in [0, 0.1) is 0 Å². The average molecular weight is 322 g/mol. The SMILES string of the molecule is C1CN(C2CCC3NC4CCC(N5CCC5)CC4SC3C2)C1. The third-order valence-electron chi connectivity index (χ3n) is 7.12. The lowest BCUT2D eigenvalue weighted by atomic mass is 9.84. The molecule has 0 amide bonds. The van der Waals surface area contributed by atoms with E-state index in [1.54, 1.807) is 0 Å². The molecule has 4 heteroatoms. The Morgan fingerprint density at radius 3 is 1.59 bits per heavy atom. The third-order valence-corrected chi connectivity index (χ3v) is 8.86. The van der Waals surface area contributed by atoms with Gasteiger partial charge >= 0.3 is 0 Å². The van der Waals surface area contributed by atoms with Crippen LogP contribution in [-0.2, 0) is 0 Å². The Kier molecular flexibility index (Phi) is 3.94. The zero-order chi connectivity index (χ0) is 14.5. The van der Waals surface area contributed by atoms with Crippen molar-refractivity contribution in [3.05, 3.63) is 0 Å². The molecule has 0 bridgehead atoms. The summed E-state index contributed by atoms with van der Waals surface area (Å²) in [5, 5.41) is 5.89. The molecule has 5 aliphatic rings. The van der Waals surface area contributed by atoms with E-state index in [2.05, 4.69) is 26.9 Å². The molecule has 0 aromatic heterocycles. The number of hydrogen-bond donors (Lipinski definition) is 1. The number of nitrogens with zero attached hydrogens (tertiary/aromatic N) is 2. The summed E-state index contributed by atoms with van der Waals surface area (Å²) in [4.78, 5) is 5.51. The fourth-order valence-electron chi connectivity index (χ4n) is 5.47. The van der Waals surface area contributed by atoms with Gasteiger partial charge in [-0.3, -0.25) is 0 Å². The molecule has 1 N–H and O–H groups in total. The summed E-state index contributed by atoms with van der Waals surface area (Å²) in [6.07, 6.45) is 11.6. The van der Waals surface area contributed by atoms with Crippen LogP contribution in [0.15, 0.2) is 0 Å². The van der Waals surface area contributed by atoms with Crippen LogP contribution in [0.4, 0.5) is 0 Å². The maximum atomic E-state index is 4.09. The van der Waals surface area contributed by atoms with Crippen LogP contribution < -0.4 is 5.32 Å². The van der Waals surface area contributed by atoms with Crippen molar-refractivity contribution in [1.82, 2.24) is 15.1 Å². The highest BCUT2D eigenvalue weighted by atomic mass is 32.2. The van der Waals surface area contributed by atoms with Crippen molar-refractivity contribution in [3.63, 3.8) is 0 Å². The first kappa shape index (κ1) is 14.6. The molecule has 124 valence electrons. The number of fused-ring (bicyclic) bond motifs is 2. The van der Waals surface area contributed by atoms with E-state index in [9.17, 15) is 0 Å². The van der Waals surface area contributed by atoms with Crippen LogP contribution in [0.2, 0.25) is 0 Å². The molecule has 2 saturated carbocycles. The van der Waals surface area contributed by atoms with Crippen molar-refractivity contribution in [2.24, 2.45) is 0 Å². The van der Waals surface area contributed by atoms with Crippen LogP contribution >= 0.6 is 11.8 Å². The predicted molar refractivity (Wildman–Crippen MR) is 93.5 cm³/mol. The van der Waals surface area contributed by atoms with E-state index in [4.69, 9.17) is 0 Å². The summed E-state index contributed by atoms with van der Waals surface area (Å²) in [5.74, 6) is 0. The van der Waals surface area contributed by atoms with E-state index in [-0.39, 0.29) is 0 Å². The highest BCUT2D eigenvalue weighted by molar-refractivity contribution is 8.00. The van der Waals surface area contributed by atoms with E-state index in [0.717, 1.165) is 34.7 Å². The number of hydrogen-bond acceptors (Lipinski definition) is 4. The van der Waals surface area contributed by atoms with Gasteiger partial charge in [0.1, 0.15) is 0 Å². The van der Waals surface area contributed by atoms with E-state index >= 15 is 0 Å². The second kappa shape index (κ2) is 5.94. The molecule has 22 heavy (non-hydrogen) atoms. The topological polar surface area (TPSA) is 18.5 Å². The Bertz CT molecular complexity index is 373. The molecule has 6 atom stereocenters. The summed E-state index contributed by atoms with van der Waals surface area (Å²) in [6.45, 7) is 5.51. The summed E-state index contributed by atoms with van der Waals surface area (Å²) >= 11 is 2.39. The Morgan fingerprint density at radius 2 is 1.18 bits per heavy atom. The minimum Gasteiger partial charge on any atom is -0.309 e. The zero-order valence-electron chi connectivity index (χ0n) is 13.8. The average Bonchev–Trinajstić information content (AvgIpc) is 2.41. The van der Waals surface area contributed by atoms with Crippen LogP contribution in [0.1, 0.15) is 51.4 Å². The van der Waals surface area contributed by atoms with Gasteiger partial charge in [0.25, 0.3) is 0 Å². The lowest BCUT2D eigenvalue weighted by molar-refractivity contribution is 0.0703. The second-order valence-electron chi connectivity index (χ2n) is 8.31. The number of thioether (sulfide) groups is 1. The molecule has 6 unspecified atom stereocenters. The molecule has 3 aliphatic heterocycles. The minimum absolute atomic E-state index is 0.823. The quantitative estimate of drug-likeness (QED) is 0.841. The van der Waals surface area contributed by atoms with Crippen LogP contribution in [0.3, 0.4) is 0 Å². The Morgan fingerprint density at radius 1 is 0.682 bits per heavy atom. The van der Waals surface area contributed by atoms with E-state index in [0.29, 0.717) is 0 Å². The first-order chi connectivity index (χ1) is 10.9. The van der Waals surface area contributed by atoms with Crippen molar-refractivity contribution < 1.29 is 0 Å². The van der Waals surface area contributed by atoms with Gasteiger partial charge < -0.3 is 15.1 Å². The molecule has 3 heterocycles. The first-order valence-corrected chi connectivity index (χ1v) is 10.7. The third kappa shape index (κ3) is 2.54. The standard InChI is InChI=1S/C18H31N3S/c1-7-20(8-1)13-3-5-15-17(11-13)22-18-12-14(21-9-2-10-21)4-6-16(18)19-15/h13-19H,1-12H2. The molecule has 0 radical (unpaired) electrons. The maximum Gasteiger partial charge on any atom is 0.0219 e. The minimum atomic E-state index is 0.823. The van der Waals surface area contributed by atoms with Gasteiger partial charge in [-0.05, 0) is 77.5 Å². The first-order valence-electron chi connectivity index (χ1n) is 9.76. The molecule has 0 aromatic carbocycles.